The smallest absolute Gasteiger partial charge is 0.251 e. The van der Waals surface area contributed by atoms with Gasteiger partial charge in [-0.2, -0.15) is 0 Å². The van der Waals surface area contributed by atoms with E-state index in [4.69, 9.17) is 0 Å². The first kappa shape index (κ1) is 17.0. The summed E-state index contributed by atoms with van der Waals surface area (Å²) in [6.07, 6.45) is -2.40. The van der Waals surface area contributed by atoms with Gasteiger partial charge in [-0.05, 0) is 31.1 Å². The average molecular weight is 288 g/mol. The van der Waals surface area contributed by atoms with E-state index in [1.165, 1.54) is 11.0 Å². The minimum absolute atomic E-state index is 0.189. The van der Waals surface area contributed by atoms with Crippen LogP contribution in [-0.4, -0.2) is 31.5 Å². The molecule has 0 aliphatic heterocycles. The van der Waals surface area contributed by atoms with Crippen LogP contribution in [0.3, 0.4) is 0 Å². The molecule has 114 valence electrons. The molecule has 0 saturated carbocycles. The summed E-state index contributed by atoms with van der Waals surface area (Å²) in [5.41, 5.74) is 1.42. The number of hydrogen-bond acceptors (Lipinski definition) is 2. The maximum atomic E-state index is 13.7. The lowest BCUT2D eigenvalue weighted by molar-refractivity contribution is 0.0970. The summed E-state index contributed by atoms with van der Waals surface area (Å²) in [7, 11) is 1.56. The lowest BCUT2D eigenvalue weighted by Crippen LogP contribution is -2.25. The lowest BCUT2D eigenvalue weighted by Gasteiger charge is -2.17. The molecule has 0 radical (unpaired) electrons. The SMILES string of the molecule is CC(C)CNCc1ccc(F)c(CN(C)CC(F)F)c1. The Morgan fingerprint density at radius 2 is 1.95 bits per heavy atom. The summed E-state index contributed by atoms with van der Waals surface area (Å²) >= 11 is 0. The molecule has 1 aromatic carbocycles. The number of nitrogens with zero attached hydrogens (tertiary/aromatic N) is 1. The van der Waals surface area contributed by atoms with Crippen LogP contribution in [0.5, 0.6) is 0 Å². The average Bonchev–Trinajstić information content (AvgIpc) is 2.31. The van der Waals surface area contributed by atoms with Gasteiger partial charge >= 0.3 is 0 Å². The molecular formula is C15H23F3N2. The summed E-state index contributed by atoms with van der Waals surface area (Å²) < 4.78 is 38.2. The highest BCUT2D eigenvalue weighted by atomic mass is 19.3. The Balaban J connectivity index is 2.61. The van der Waals surface area contributed by atoms with E-state index in [9.17, 15) is 13.2 Å². The minimum atomic E-state index is -2.40. The van der Waals surface area contributed by atoms with Crippen molar-refractivity contribution in [3.05, 3.63) is 35.1 Å². The summed E-state index contributed by atoms with van der Waals surface area (Å²) in [6.45, 7) is 5.61. The Bertz CT molecular complexity index is 408. The summed E-state index contributed by atoms with van der Waals surface area (Å²) in [6, 6.07) is 4.86. The number of alkyl halides is 2. The van der Waals surface area contributed by atoms with Crippen LogP contribution in [0.15, 0.2) is 18.2 Å². The van der Waals surface area contributed by atoms with Crippen molar-refractivity contribution in [1.82, 2.24) is 10.2 Å². The number of rotatable bonds is 8. The number of halogens is 3. The lowest BCUT2D eigenvalue weighted by atomic mass is 10.1. The highest BCUT2D eigenvalue weighted by Crippen LogP contribution is 2.13. The zero-order valence-electron chi connectivity index (χ0n) is 12.3. The maximum absolute atomic E-state index is 13.7. The Hall–Kier alpha value is -1.07. The van der Waals surface area contributed by atoms with Gasteiger partial charge in [0, 0.05) is 18.7 Å². The molecule has 0 fully saturated rings. The highest BCUT2D eigenvalue weighted by Gasteiger charge is 2.11. The van der Waals surface area contributed by atoms with Crippen molar-refractivity contribution in [2.24, 2.45) is 5.92 Å². The Morgan fingerprint density at radius 1 is 1.25 bits per heavy atom. The molecular weight excluding hydrogens is 265 g/mol. The molecule has 0 saturated heterocycles. The van der Waals surface area contributed by atoms with Gasteiger partial charge in [0.15, 0.2) is 0 Å². The van der Waals surface area contributed by atoms with Crippen LogP contribution in [0.4, 0.5) is 13.2 Å². The largest absolute Gasteiger partial charge is 0.312 e. The summed E-state index contributed by atoms with van der Waals surface area (Å²) in [5, 5.41) is 3.28. The third kappa shape index (κ3) is 6.39. The van der Waals surface area contributed by atoms with E-state index in [0.29, 0.717) is 18.0 Å². The Kier molecular flexibility index (Phi) is 7.02. The first-order chi connectivity index (χ1) is 9.38. The van der Waals surface area contributed by atoms with Crippen LogP contribution in [0.25, 0.3) is 0 Å². The van der Waals surface area contributed by atoms with Crippen molar-refractivity contribution in [3.8, 4) is 0 Å². The van der Waals surface area contributed by atoms with Gasteiger partial charge in [0.2, 0.25) is 0 Å². The number of benzene rings is 1. The van der Waals surface area contributed by atoms with Crippen molar-refractivity contribution < 1.29 is 13.2 Å². The fourth-order valence-electron chi connectivity index (χ4n) is 1.96. The monoisotopic (exact) mass is 288 g/mol. The van der Waals surface area contributed by atoms with Crippen LogP contribution >= 0.6 is 0 Å². The summed E-state index contributed by atoms with van der Waals surface area (Å²) in [5.74, 6) is 0.200. The van der Waals surface area contributed by atoms with Crippen molar-refractivity contribution >= 4 is 0 Å². The molecule has 20 heavy (non-hydrogen) atoms. The molecule has 0 amide bonds. The fraction of sp³-hybridized carbons (Fsp3) is 0.600. The van der Waals surface area contributed by atoms with Gasteiger partial charge < -0.3 is 5.32 Å². The van der Waals surface area contributed by atoms with E-state index >= 15 is 0 Å². The van der Waals surface area contributed by atoms with E-state index in [2.05, 4.69) is 19.2 Å². The molecule has 0 spiro atoms. The molecule has 0 unspecified atom stereocenters. The highest BCUT2D eigenvalue weighted by molar-refractivity contribution is 5.25. The van der Waals surface area contributed by atoms with Crippen LogP contribution in [0.1, 0.15) is 25.0 Å². The quantitative estimate of drug-likeness (QED) is 0.790. The van der Waals surface area contributed by atoms with Crippen molar-refractivity contribution in [2.45, 2.75) is 33.4 Å². The second kappa shape index (κ2) is 8.27. The molecule has 1 N–H and O–H groups in total. The molecule has 1 aromatic rings. The van der Waals surface area contributed by atoms with Gasteiger partial charge in [-0.1, -0.05) is 26.0 Å². The van der Waals surface area contributed by atoms with Crippen molar-refractivity contribution in [3.63, 3.8) is 0 Å². The zero-order valence-corrected chi connectivity index (χ0v) is 12.3. The van der Waals surface area contributed by atoms with Gasteiger partial charge in [-0.25, -0.2) is 13.2 Å². The molecule has 2 nitrogen and oxygen atoms in total. The molecule has 0 aliphatic carbocycles. The minimum Gasteiger partial charge on any atom is -0.312 e. The van der Waals surface area contributed by atoms with E-state index in [1.807, 2.05) is 0 Å². The van der Waals surface area contributed by atoms with Gasteiger partial charge in [0.25, 0.3) is 6.43 Å². The van der Waals surface area contributed by atoms with Gasteiger partial charge in [0.05, 0.1) is 6.54 Å². The van der Waals surface area contributed by atoms with Crippen molar-refractivity contribution in [2.75, 3.05) is 20.1 Å². The van der Waals surface area contributed by atoms with E-state index in [1.54, 1.807) is 19.2 Å². The van der Waals surface area contributed by atoms with Crippen LogP contribution in [0.2, 0.25) is 0 Å². The Labute approximate surface area is 119 Å². The predicted molar refractivity (Wildman–Crippen MR) is 75.3 cm³/mol. The van der Waals surface area contributed by atoms with Crippen molar-refractivity contribution in [1.29, 1.82) is 0 Å². The first-order valence-electron chi connectivity index (χ1n) is 6.83. The third-order valence-electron chi connectivity index (χ3n) is 2.88. The number of nitrogens with one attached hydrogen (secondary N) is 1. The summed E-state index contributed by atoms with van der Waals surface area (Å²) in [4.78, 5) is 1.43. The Morgan fingerprint density at radius 3 is 2.55 bits per heavy atom. The molecule has 0 aliphatic rings. The molecule has 5 heteroatoms. The number of hydrogen-bond donors (Lipinski definition) is 1. The standard InChI is InChI=1S/C15H23F3N2/c1-11(2)7-19-8-12-4-5-14(16)13(6-12)9-20(3)10-15(17)18/h4-6,11,15,19H,7-10H2,1-3H3. The van der Waals surface area contributed by atoms with Gasteiger partial charge in [0.1, 0.15) is 5.82 Å². The van der Waals surface area contributed by atoms with Gasteiger partial charge in [-0.3, -0.25) is 4.90 Å². The van der Waals surface area contributed by atoms with E-state index < -0.39 is 6.43 Å². The molecule has 0 bridgehead atoms. The zero-order chi connectivity index (χ0) is 15.1. The van der Waals surface area contributed by atoms with E-state index in [-0.39, 0.29) is 18.9 Å². The maximum Gasteiger partial charge on any atom is 0.251 e. The van der Waals surface area contributed by atoms with Gasteiger partial charge in [-0.15, -0.1) is 0 Å². The first-order valence-corrected chi connectivity index (χ1v) is 6.83. The fourth-order valence-corrected chi connectivity index (χ4v) is 1.96. The second-order valence-electron chi connectivity index (χ2n) is 5.54. The topological polar surface area (TPSA) is 15.3 Å². The van der Waals surface area contributed by atoms with Crippen LogP contribution in [-0.2, 0) is 13.1 Å². The molecule has 0 aromatic heterocycles. The van der Waals surface area contributed by atoms with Crippen LogP contribution < -0.4 is 5.32 Å². The second-order valence-corrected chi connectivity index (χ2v) is 5.54. The third-order valence-corrected chi connectivity index (χ3v) is 2.88. The van der Waals surface area contributed by atoms with Crippen LogP contribution in [0, 0.1) is 11.7 Å². The molecule has 0 atom stereocenters. The molecule has 0 heterocycles. The molecule has 1 rings (SSSR count). The predicted octanol–water partition coefficient (Wildman–Crippen LogP) is 3.27. The van der Waals surface area contributed by atoms with E-state index in [0.717, 1.165) is 12.1 Å². The normalized spacial score (nSPS) is 11.8.